The van der Waals surface area contributed by atoms with Gasteiger partial charge < -0.3 is 25.4 Å². The molecular formula is C24H34N4O3. The van der Waals surface area contributed by atoms with Gasteiger partial charge in [-0.25, -0.2) is 0 Å². The monoisotopic (exact) mass is 426 g/mol. The highest BCUT2D eigenvalue weighted by atomic mass is 16.5. The lowest BCUT2D eigenvalue weighted by molar-refractivity contribution is -0.122. The van der Waals surface area contributed by atoms with Crippen molar-refractivity contribution in [1.29, 1.82) is 0 Å². The van der Waals surface area contributed by atoms with E-state index in [-0.39, 0.29) is 12.5 Å². The number of guanidine groups is 1. The molecule has 0 heterocycles. The summed E-state index contributed by atoms with van der Waals surface area (Å²) in [6.07, 6.45) is 0.968. The van der Waals surface area contributed by atoms with Gasteiger partial charge in [-0.3, -0.25) is 9.79 Å². The number of benzene rings is 2. The Hall–Kier alpha value is -3.22. The molecule has 0 fully saturated rings. The molecule has 2 aromatic carbocycles. The van der Waals surface area contributed by atoms with Crippen LogP contribution in [0.5, 0.6) is 11.5 Å². The molecule has 0 bridgehead atoms. The van der Waals surface area contributed by atoms with Gasteiger partial charge in [-0.2, -0.15) is 0 Å². The Labute approximate surface area is 185 Å². The number of carbonyl (C=O) groups is 1. The molecule has 2 rings (SSSR count). The first-order valence-corrected chi connectivity index (χ1v) is 10.7. The number of nitrogens with zero attached hydrogens (tertiary/aromatic N) is 1. The third-order valence-corrected chi connectivity index (χ3v) is 4.46. The largest absolute Gasteiger partial charge is 0.493 e. The van der Waals surface area contributed by atoms with E-state index in [2.05, 4.69) is 53.0 Å². The number of ether oxygens (including phenoxy) is 2. The lowest BCUT2D eigenvalue weighted by Gasteiger charge is -2.15. The Kier molecular flexibility index (Phi) is 10.2. The highest BCUT2D eigenvalue weighted by molar-refractivity contribution is 5.79. The van der Waals surface area contributed by atoms with Crippen LogP contribution in [0.15, 0.2) is 47.5 Å². The summed E-state index contributed by atoms with van der Waals surface area (Å²) in [6, 6.07) is 13.9. The molecule has 31 heavy (non-hydrogen) atoms. The van der Waals surface area contributed by atoms with Crippen LogP contribution < -0.4 is 25.4 Å². The van der Waals surface area contributed by atoms with Gasteiger partial charge in [-0.1, -0.05) is 31.2 Å². The zero-order valence-corrected chi connectivity index (χ0v) is 19.0. The Morgan fingerprint density at radius 1 is 1.00 bits per heavy atom. The Bertz CT molecular complexity index is 868. The fourth-order valence-corrected chi connectivity index (χ4v) is 2.88. The molecule has 0 aliphatic rings. The summed E-state index contributed by atoms with van der Waals surface area (Å²) in [5.74, 6) is 2.12. The summed E-state index contributed by atoms with van der Waals surface area (Å²) in [6.45, 7) is 8.51. The molecule has 0 aliphatic carbocycles. The van der Waals surface area contributed by atoms with E-state index < -0.39 is 0 Å². The van der Waals surface area contributed by atoms with Crippen LogP contribution >= 0.6 is 0 Å². The van der Waals surface area contributed by atoms with Gasteiger partial charge in [-0.15, -0.1) is 0 Å². The third-order valence-electron chi connectivity index (χ3n) is 4.46. The molecule has 0 unspecified atom stereocenters. The number of hydrogen-bond acceptors (Lipinski definition) is 4. The van der Waals surface area contributed by atoms with E-state index in [0.29, 0.717) is 38.0 Å². The van der Waals surface area contributed by atoms with Crippen LogP contribution in [0, 0.1) is 6.92 Å². The van der Waals surface area contributed by atoms with Gasteiger partial charge in [-0.05, 0) is 49.6 Å². The molecule has 0 saturated heterocycles. The lowest BCUT2D eigenvalue weighted by atomic mass is 10.1. The molecular weight excluding hydrogens is 392 g/mol. The highest BCUT2D eigenvalue weighted by Gasteiger charge is 2.07. The molecule has 3 N–H and O–H groups in total. The smallest absolute Gasteiger partial charge is 0.257 e. The van der Waals surface area contributed by atoms with Gasteiger partial charge in [0.05, 0.1) is 6.61 Å². The molecule has 0 saturated carbocycles. The number of rotatable bonds is 11. The van der Waals surface area contributed by atoms with Crippen LogP contribution in [-0.2, 0) is 17.9 Å². The van der Waals surface area contributed by atoms with E-state index >= 15 is 0 Å². The predicted octanol–water partition coefficient (Wildman–Crippen LogP) is 3.16. The van der Waals surface area contributed by atoms with Crippen molar-refractivity contribution in [2.45, 2.75) is 40.3 Å². The predicted molar refractivity (Wildman–Crippen MR) is 125 cm³/mol. The molecule has 0 atom stereocenters. The first kappa shape index (κ1) is 24.1. The van der Waals surface area contributed by atoms with E-state index in [1.165, 1.54) is 5.56 Å². The molecule has 0 aromatic heterocycles. The van der Waals surface area contributed by atoms with E-state index in [0.717, 1.165) is 23.3 Å². The van der Waals surface area contributed by atoms with Crippen LogP contribution in [0.2, 0.25) is 0 Å². The number of aryl methyl sites for hydroxylation is 1. The van der Waals surface area contributed by atoms with Crippen molar-refractivity contribution in [3.8, 4) is 11.5 Å². The Morgan fingerprint density at radius 3 is 2.55 bits per heavy atom. The zero-order valence-electron chi connectivity index (χ0n) is 19.0. The molecule has 7 heteroatoms. The van der Waals surface area contributed by atoms with Crippen molar-refractivity contribution in [2.24, 2.45) is 4.99 Å². The molecule has 0 aliphatic heterocycles. The highest BCUT2D eigenvalue weighted by Crippen LogP contribution is 2.20. The second kappa shape index (κ2) is 13.2. The van der Waals surface area contributed by atoms with Gasteiger partial charge in [0.1, 0.15) is 11.5 Å². The minimum Gasteiger partial charge on any atom is -0.493 e. The fourth-order valence-electron chi connectivity index (χ4n) is 2.88. The third kappa shape index (κ3) is 8.58. The van der Waals surface area contributed by atoms with Gasteiger partial charge in [0.15, 0.2) is 12.6 Å². The number of amides is 1. The molecule has 1 amide bonds. The van der Waals surface area contributed by atoms with Crippen LogP contribution in [0.1, 0.15) is 37.0 Å². The van der Waals surface area contributed by atoms with Crippen LogP contribution in [0.4, 0.5) is 0 Å². The van der Waals surface area contributed by atoms with E-state index in [9.17, 15) is 4.79 Å². The van der Waals surface area contributed by atoms with Crippen molar-refractivity contribution in [3.63, 3.8) is 0 Å². The van der Waals surface area contributed by atoms with Gasteiger partial charge in [0.2, 0.25) is 0 Å². The van der Waals surface area contributed by atoms with Crippen molar-refractivity contribution in [3.05, 3.63) is 59.2 Å². The number of likely N-dealkylation sites (N-methyl/N-ethyl adjacent to an activating group) is 1. The normalized spacial score (nSPS) is 11.0. The maximum Gasteiger partial charge on any atom is 0.257 e. The summed E-state index contributed by atoms with van der Waals surface area (Å²) in [7, 11) is 1.74. The minimum atomic E-state index is -0.131. The molecule has 168 valence electrons. The summed E-state index contributed by atoms with van der Waals surface area (Å²) in [4.78, 5) is 15.9. The van der Waals surface area contributed by atoms with E-state index in [1.807, 2.05) is 31.2 Å². The number of nitrogens with one attached hydrogen (secondary N) is 3. The zero-order chi connectivity index (χ0) is 22.5. The van der Waals surface area contributed by atoms with Crippen molar-refractivity contribution in [1.82, 2.24) is 16.0 Å². The van der Waals surface area contributed by atoms with Crippen molar-refractivity contribution < 1.29 is 14.3 Å². The minimum absolute atomic E-state index is 0.00688. The molecule has 0 spiro atoms. The quantitative estimate of drug-likeness (QED) is 0.380. The standard InChI is InChI=1S/C24H34N4O3/c1-5-12-30-22-13-18(3)10-11-20(22)16-28-24(25-4)27-15-19-8-7-9-21(14-19)31-17-23(29)26-6-2/h7-11,13-14H,5-6,12,15-17H2,1-4H3,(H,26,29)(H2,25,27,28). The maximum atomic E-state index is 11.6. The maximum absolute atomic E-state index is 11.6. The van der Waals surface area contributed by atoms with Crippen LogP contribution in [-0.4, -0.2) is 38.7 Å². The van der Waals surface area contributed by atoms with Gasteiger partial charge in [0, 0.05) is 32.2 Å². The van der Waals surface area contributed by atoms with Gasteiger partial charge >= 0.3 is 0 Å². The average Bonchev–Trinajstić information content (AvgIpc) is 2.78. The summed E-state index contributed by atoms with van der Waals surface area (Å²) < 4.78 is 11.4. The molecule has 2 aromatic rings. The number of carbonyl (C=O) groups excluding carboxylic acids is 1. The molecule has 7 nitrogen and oxygen atoms in total. The number of hydrogen-bond donors (Lipinski definition) is 3. The van der Waals surface area contributed by atoms with Crippen LogP contribution in [0.25, 0.3) is 0 Å². The number of aliphatic imine (C=N–C) groups is 1. The second-order valence-electron chi connectivity index (χ2n) is 7.13. The SMILES string of the molecule is CCCOc1cc(C)ccc1CNC(=NC)NCc1cccc(OCC(=O)NCC)c1. The lowest BCUT2D eigenvalue weighted by Crippen LogP contribution is -2.36. The fraction of sp³-hybridized carbons (Fsp3) is 0.417. The second-order valence-corrected chi connectivity index (χ2v) is 7.13. The van der Waals surface area contributed by atoms with E-state index in [1.54, 1.807) is 7.05 Å². The topological polar surface area (TPSA) is 84.0 Å². The van der Waals surface area contributed by atoms with Crippen molar-refractivity contribution in [2.75, 3.05) is 26.8 Å². The summed E-state index contributed by atoms with van der Waals surface area (Å²) in [5, 5.41) is 9.36. The van der Waals surface area contributed by atoms with Crippen LogP contribution in [0.3, 0.4) is 0 Å². The average molecular weight is 427 g/mol. The Morgan fingerprint density at radius 2 is 1.81 bits per heavy atom. The summed E-state index contributed by atoms with van der Waals surface area (Å²) in [5.41, 5.74) is 3.29. The first-order valence-electron chi connectivity index (χ1n) is 10.7. The van der Waals surface area contributed by atoms with Gasteiger partial charge in [0.25, 0.3) is 5.91 Å². The van der Waals surface area contributed by atoms with E-state index in [4.69, 9.17) is 9.47 Å². The van der Waals surface area contributed by atoms with Crippen molar-refractivity contribution >= 4 is 11.9 Å². The first-order chi connectivity index (χ1) is 15.0. The molecule has 0 radical (unpaired) electrons. The summed E-state index contributed by atoms with van der Waals surface area (Å²) >= 11 is 0. The Balaban J connectivity index is 1.89.